The summed E-state index contributed by atoms with van der Waals surface area (Å²) in [7, 11) is 0. The Hall–Kier alpha value is -1.37. The number of nitrogens with one attached hydrogen (secondary N) is 1. The number of rotatable bonds is 5. The largest absolute Gasteiger partial charge is 0.478 e. The molecule has 1 aromatic carbocycles. The van der Waals surface area contributed by atoms with Crippen LogP contribution in [0.25, 0.3) is 0 Å². The summed E-state index contributed by atoms with van der Waals surface area (Å²) in [5.41, 5.74) is 0.294. The Labute approximate surface area is 107 Å². The van der Waals surface area contributed by atoms with Crippen LogP contribution >= 0.6 is 0 Å². The Kier molecular flexibility index (Phi) is 5.11. The van der Waals surface area contributed by atoms with Gasteiger partial charge >= 0.3 is 6.18 Å². The maximum atomic E-state index is 13.5. The van der Waals surface area contributed by atoms with Crippen molar-refractivity contribution in [3.8, 4) is 5.75 Å². The second kappa shape index (κ2) is 6.18. The Morgan fingerprint density at radius 3 is 2.11 bits per heavy atom. The van der Waals surface area contributed by atoms with E-state index in [0.29, 0.717) is 5.56 Å². The molecule has 7 heteroatoms. The second-order valence-corrected chi connectivity index (χ2v) is 4.33. The minimum absolute atomic E-state index is 0.118. The summed E-state index contributed by atoms with van der Waals surface area (Å²) < 4.78 is 66.8. The third-order valence-corrected chi connectivity index (χ3v) is 2.15. The maximum Gasteiger partial charge on any atom is 0.422 e. The van der Waals surface area contributed by atoms with E-state index in [1.807, 2.05) is 13.8 Å². The molecule has 0 unspecified atom stereocenters. The Balaban J connectivity index is 2.79. The molecule has 19 heavy (non-hydrogen) atoms. The quantitative estimate of drug-likeness (QED) is 0.836. The van der Waals surface area contributed by atoms with Crippen molar-refractivity contribution in [1.82, 2.24) is 5.32 Å². The van der Waals surface area contributed by atoms with Crippen LogP contribution in [0.3, 0.4) is 0 Å². The van der Waals surface area contributed by atoms with Crippen LogP contribution < -0.4 is 10.1 Å². The molecule has 0 saturated carbocycles. The van der Waals surface area contributed by atoms with E-state index in [2.05, 4.69) is 10.1 Å². The normalized spacial score (nSPS) is 12.0. The van der Waals surface area contributed by atoms with Crippen molar-refractivity contribution in [1.29, 1.82) is 0 Å². The fraction of sp³-hybridized carbons (Fsp3) is 0.500. The van der Waals surface area contributed by atoms with Crippen LogP contribution in [-0.4, -0.2) is 18.8 Å². The lowest BCUT2D eigenvalue weighted by molar-refractivity contribution is -0.154. The molecule has 0 heterocycles. The van der Waals surface area contributed by atoms with Gasteiger partial charge in [0.1, 0.15) is 0 Å². The highest BCUT2D eigenvalue weighted by molar-refractivity contribution is 5.31. The second-order valence-electron chi connectivity index (χ2n) is 4.33. The minimum atomic E-state index is -4.64. The van der Waals surface area contributed by atoms with E-state index in [4.69, 9.17) is 0 Å². The van der Waals surface area contributed by atoms with Crippen molar-refractivity contribution in [3.63, 3.8) is 0 Å². The third kappa shape index (κ3) is 5.42. The zero-order valence-corrected chi connectivity index (χ0v) is 10.4. The van der Waals surface area contributed by atoms with Crippen molar-refractivity contribution >= 4 is 0 Å². The van der Waals surface area contributed by atoms with Crippen molar-refractivity contribution in [2.24, 2.45) is 0 Å². The highest BCUT2D eigenvalue weighted by Gasteiger charge is 2.29. The van der Waals surface area contributed by atoms with E-state index in [0.717, 1.165) is 12.1 Å². The molecule has 0 spiro atoms. The SMILES string of the molecule is CC(C)NCc1cc(F)c(OCC(F)(F)F)c(F)c1. The number of alkyl halides is 3. The van der Waals surface area contributed by atoms with Gasteiger partial charge in [0.15, 0.2) is 24.0 Å². The molecule has 2 nitrogen and oxygen atoms in total. The fourth-order valence-electron chi connectivity index (χ4n) is 1.33. The number of benzene rings is 1. The van der Waals surface area contributed by atoms with Crippen LogP contribution in [0.2, 0.25) is 0 Å². The van der Waals surface area contributed by atoms with Gasteiger partial charge in [-0.05, 0) is 17.7 Å². The smallest absolute Gasteiger partial charge is 0.422 e. The van der Waals surface area contributed by atoms with Gasteiger partial charge in [0.25, 0.3) is 0 Å². The van der Waals surface area contributed by atoms with Gasteiger partial charge in [-0.3, -0.25) is 0 Å². The monoisotopic (exact) mass is 283 g/mol. The van der Waals surface area contributed by atoms with E-state index < -0.39 is 30.2 Å². The van der Waals surface area contributed by atoms with Gasteiger partial charge in [0, 0.05) is 12.6 Å². The maximum absolute atomic E-state index is 13.5. The molecule has 1 rings (SSSR count). The first kappa shape index (κ1) is 15.7. The first-order chi connectivity index (χ1) is 8.69. The summed E-state index contributed by atoms with van der Waals surface area (Å²) in [5, 5.41) is 2.94. The number of halogens is 5. The zero-order valence-electron chi connectivity index (χ0n) is 10.4. The van der Waals surface area contributed by atoms with Gasteiger partial charge < -0.3 is 10.1 Å². The lowest BCUT2D eigenvalue weighted by Gasteiger charge is -2.13. The van der Waals surface area contributed by atoms with Gasteiger partial charge in [0.05, 0.1) is 0 Å². The van der Waals surface area contributed by atoms with Crippen LogP contribution in [0.15, 0.2) is 12.1 Å². The Bertz CT molecular complexity index is 408. The lowest BCUT2D eigenvalue weighted by Crippen LogP contribution is -2.22. The van der Waals surface area contributed by atoms with Crippen LogP contribution in [0.4, 0.5) is 22.0 Å². The summed E-state index contributed by atoms with van der Waals surface area (Å²) in [5.74, 6) is -3.31. The minimum Gasteiger partial charge on any atom is -0.478 e. The molecule has 108 valence electrons. The fourth-order valence-corrected chi connectivity index (χ4v) is 1.33. The molecule has 0 aliphatic carbocycles. The molecule has 0 aromatic heterocycles. The van der Waals surface area contributed by atoms with Crippen molar-refractivity contribution in [3.05, 3.63) is 29.3 Å². The van der Waals surface area contributed by atoms with Gasteiger partial charge in [0.2, 0.25) is 0 Å². The highest BCUT2D eigenvalue weighted by Crippen LogP contribution is 2.25. The molecule has 0 bridgehead atoms. The molecule has 0 aliphatic rings. The predicted octanol–water partition coefficient (Wildman–Crippen LogP) is 3.40. The van der Waals surface area contributed by atoms with Gasteiger partial charge in [-0.25, -0.2) is 8.78 Å². The van der Waals surface area contributed by atoms with E-state index in [-0.39, 0.29) is 12.6 Å². The lowest BCUT2D eigenvalue weighted by atomic mass is 10.2. The topological polar surface area (TPSA) is 21.3 Å². The first-order valence-corrected chi connectivity index (χ1v) is 5.60. The van der Waals surface area contributed by atoms with Crippen molar-refractivity contribution < 1.29 is 26.7 Å². The average molecular weight is 283 g/mol. The summed E-state index contributed by atoms with van der Waals surface area (Å²) in [6.07, 6.45) is -4.64. The summed E-state index contributed by atoms with van der Waals surface area (Å²) in [6.45, 7) is 2.19. The molecule has 0 aliphatic heterocycles. The molecule has 0 radical (unpaired) electrons. The van der Waals surface area contributed by atoms with Gasteiger partial charge in [-0.15, -0.1) is 0 Å². The summed E-state index contributed by atoms with van der Waals surface area (Å²) in [6, 6.07) is 2.02. The summed E-state index contributed by atoms with van der Waals surface area (Å²) >= 11 is 0. The Morgan fingerprint density at radius 1 is 1.16 bits per heavy atom. The van der Waals surface area contributed by atoms with Crippen molar-refractivity contribution in [2.75, 3.05) is 6.61 Å². The van der Waals surface area contributed by atoms with E-state index in [1.54, 1.807) is 0 Å². The standard InChI is InChI=1S/C12H14F5NO/c1-7(2)18-5-8-3-9(13)11(10(14)4-8)19-6-12(15,16)17/h3-4,7,18H,5-6H2,1-2H3. The molecule has 0 saturated heterocycles. The van der Waals surface area contributed by atoms with Crippen LogP contribution in [-0.2, 0) is 6.54 Å². The first-order valence-electron chi connectivity index (χ1n) is 5.60. The predicted molar refractivity (Wildman–Crippen MR) is 59.9 cm³/mol. The molecule has 0 amide bonds. The molecule has 1 N–H and O–H groups in total. The highest BCUT2D eigenvalue weighted by atomic mass is 19.4. The number of ether oxygens (including phenoxy) is 1. The molecule has 1 aromatic rings. The van der Waals surface area contributed by atoms with Crippen LogP contribution in [0, 0.1) is 11.6 Å². The van der Waals surface area contributed by atoms with Crippen LogP contribution in [0.5, 0.6) is 5.75 Å². The molecule has 0 fully saturated rings. The number of hydrogen-bond acceptors (Lipinski definition) is 2. The third-order valence-electron chi connectivity index (χ3n) is 2.15. The average Bonchev–Trinajstić information content (AvgIpc) is 2.23. The molecular weight excluding hydrogens is 269 g/mol. The van der Waals surface area contributed by atoms with Gasteiger partial charge in [-0.2, -0.15) is 13.2 Å². The Morgan fingerprint density at radius 2 is 1.68 bits per heavy atom. The molecular formula is C12H14F5NO. The number of hydrogen-bond donors (Lipinski definition) is 1. The van der Waals surface area contributed by atoms with Crippen LogP contribution in [0.1, 0.15) is 19.4 Å². The van der Waals surface area contributed by atoms with E-state index >= 15 is 0 Å². The summed E-state index contributed by atoms with van der Waals surface area (Å²) in [4.78, 5) is 0. The van der Waals surface area contributed by atoms with Gasteiger partial charge in [-0.1, -0.05) is 13.8 Å². The van der Waals surface area contributed by atoms with Crippen molar-refractivity contribution in [2.45, 2.75) is 32.6 Å². The molecule has 0 atom stereocenters. The van der Waals surface area contributed by atoms with E-state index in [1.165, 1.54) is 0 Å². The van der Waals surface area contributed by atoms with E-state index in [9.17, 15) is 22.0 Å². The zero-order chi connectivity index (χ0) is 14.6.